The number of aromatic nitrogens is 1. The minimum Gasteiger partial charge on any atom is -0.494 e. The van der Waals surface area contributed by atoms with E-state index in [-0.39, 0.29) is 18.0 Å². The van der Waals surface area contributed by atoms with Gasteiger partial charge in [-0.05, 0) is 49.1 Å². The van der Waals surface area contributed by atoms with Gasteiger partial charge < -0.3 is 5.11 Å². The van der Waals surface area contributed by atoms with E-state index in [1.165, 1.54) is 10.8 Å². The molecule has 6 heteroatoms. The number of halogens is 1. The zero-order valence-corrected chi connectivity index (χ0v) is 16.9. The Bertz CT molecular complexity index is 1180. The molecule has 0 saturated carbocycles. The van der Waals surface area contributed by atoms with Crippen LogP contribution in [0.4, 0.5) is 5.69 Å². The Morgan fingerprint density at radius 2 is 1.86 bits per heavy atom. The second-order valence-electron chi connectivity index (χ2n) is 6.68. The lowest BCUT2D eigenvalue weighted by atomic mass is 10.1. The van der Waals surface area contributed by atoms with Crippen molar-refractivity contribution in [1.82, 2.24) is 4.57 Å². The molecule has 3 aromatic rings. The van der Waals surface area contributed by atoms with Crippen LogP contribution in [0.1, 0.15) is 27.8 Å². The number of hydrogen-bond donors (Lipinski definition) is 1. The first-order chi connectivity index (χ1) is 13.9. The molecule has 0 radical (unpaired) electrons. The SMILES string of the molecule is Cc1c(Cl)cccc1N=Cc1c(C)c(C#N)c(=O)n(CCc2ccccc2)c1O. The Morgan fingerprint density at radius 1 is 1.14 bits per heavy atom. The van der Waals surface area contributed by atoms with Crippen molar-refractivity contribution in [3.63, 3.8) is 0 Å². The minimum atomic E-state index is -0.505. The second kappa shape index (κ2) is 8.76. The molecule has 0 saturated heterocycles. The molecular weight excluding hydrogens is 386 g/mol. The molecule has 0 bridgehead atoms. The molecule has 1 aromatic heterocycles. The fraction of sp³-hybridized carbons (Fsp3) is 0.174. The molecule has 1 N–H and O–H groups in total. The first kappa shape index (κ1) is 20.4. The average Bonchev–Trinajstić information content (AvgIpc) is 2.72. The predicted molar refractivity (Wildman–Crippen MR) is 115 cm³/mol. The number of nitrogens with zero attached hydrogens (tertiary/aromatic N) is 3. The monoisotopic (exact) mass is 405 g/mol. The van der Waals surface area contributed by atoms with Crippen molar-refractivity contribution in [3.05, 3.63) is 91.7 Å². The number of aliphatic imine (C=N–C) groups is 1. The van der Waals surface area contributed by atoms with E-state index in [0.29, 0.717) is 28.3 Å². The van der Waals surface area contributed by atoms with Crippen LogP contribution in [-0.2, 0) is 13.0 Å². The summed E-state index contributed by atoms with van der Waals surface area (Å²) in [6, 6.07) is 17.0. The maximum atomic E-state index is 12.7. The van der Waals surface area contributed by atoms with Gasteiger partial charge in [0.25, 0.3) is 5.56 Å². The molecule has 0 amide bonds. The molecule has 0 unspecified atom stereocenters. The van der Waals surface area contributed by atoms with E-state index >= 15 is 0 Å². The molecule has 0 atom stereocenters. The highest BCUT2D eigenvalue weighted by atomic mass is 35.5. The summed E-state index contributed by atoms with van der Waals surface area (Å²) >= 11 is 6.14. The lowest BCUT2D eigenvalue weighted by molar-refractivity contribution is 0.404. The number of nitriles is 1. The third kappa shape index (κ3) is 4.23. The fourth-order valence-corrected chi connectivity index (χ4v) is 3.26. The van der Waals surface area contributed by atoms with Crippen LogP contribution in [0.2, 0.25) is 5.02 Å². The highest BCUT2D eigenvalue weighted by molar-refractivity contribution is 6.31. The summed E-state index contributed by atoms with van der Waals surface area (Å²) < 4.78 is 1.23. The van der Waals surface area contributed by atoms with Gasteiger partial charge in [0.1, 0.15) is 11.6 Å². The van der Waals surface area contributed by atoms with Gasteiger partial charge in [-0.15, -0.1) is 0 Å². The summed E-state index contributed by atoms with van der Waals surface area (Å²) in [5.74, 6) is -0.203. The predicted octanol–water partition coefficient (Wildman–Crippen LogP) is 4.69. The lowest BCUT2D eigenvalue weighted by Crippen LogP contribution is -2.26. The first-order valence-corrected chi connectivity index (χ1v) is 9.51. The molecule has 0 fully saturated rings. The van der Waals surface area contributed by atoms with Crippen LogP contribution in [0.25, 0.3) is 0 Å². The number of rotatable bonds is 5. The van der Waals surface area contributed by atoms with E-state index in [2.05, 4.69) is 4.99 Å². The summed E-state index contributed by atoms with van der Waals surface area (Å²) in [5, 5.41) is 20.9. The second-order valence-corrected chi connectivity index (χ2v) is 7.09. The normalized spacial score (nSPS) is 11.0. The van der Waals surface area contributed by atoms with Crippen LogP contribution in [0, 0.1) is 25.2 Å². The summed E-state index contributed by atoms with van der Waals surface area (Å²) in [6.45, 7) is 3.73. The molecule has 3 rings (SSSR count). The van der Waals surface area contributed by atoms with E-state index < -0.39 is 5.56 Å². The summed E-state index contributed by atoms with van der Waals surface area (Å²) in [4.78, 5) is 17.1. The standard InChI is InChI=1S/C23H20ClN3O2/c1-15-18(13-25)22(28)27(12-11-17-7-4-3-5-8-17)23(29)19(15)14-26-21-10-6-9-20(24)16(21)2/h3-10,14,29H,11-12H2,1-2H3. The quantitative estimate of drug-likeness (QED) is 0.625. The lowest BCUT2D eigenvalue weighted by Gasteiger charge is -2.14. The van der Waals surface area contributed by atoms with Gasteiger partial charge in [0.2, 0.25) is 5.88 Å². The molecule has 146 valence electrons. The van der Waals surface area contributed by atoms with Crippen LogP contribution in [-0.4, -0.2) is 15.9 Å². The number of aryl methyl sites for hydroxylation is 1. The van der Waals surface area contributed by atoms with Crippen molar-refractivity contribution in [2.45, 2.75) is 26.8 Å². The summed E-state index contributed by atoms with van der Waals surface area (Å²) in [6.07, 6.45) is 2.02. The van der Waals surface area contributed by atoms with Gasteiger partial charge in [-0.3, -0.25) is 14.4 Å². The van der Waals surface area contributed by atoms with Gasteiger partial charge in [0.15, 0.2) is 0 Å². The number of pyridine rings is 1. The summed E-state index contributed by atoms with van der Waals surface area (Å²) in [7, 11) is 0. The van der Waals surface area contributed by atoms with E-state index in [0.717, 1.165) is 11.1 Å². The third-order valence-corrected chi connectivity index (χ3v) is 5.29. The zero-order valence-electron chi connectivity index (χ0n) is 16.2. The first-order valence-electron chi connectivity index (χ1n) is 9.13. The molecule has 1 heterocycles. The average molecular weight is 406 g/mol. The molecule has 0 spiro atoms. The van der Waals surface area contributed by atoms with Crippen LogP contribution >= 0.6 is 11.6 Å². The highest BCUT2D eigenvalue weighted by Crippen LogP contribution is 2.27. The smallest absolute Gasteiger partial charge is 0.271 e. The van der Waals surface area contributed by atoms with Crippen molar-refractivity contribution in [3.8, 4) is 11.9 Å². The van der Waals surface area contributed by atoms with Crippen LogP contribution in [0.3, 0.4) is 0 Å². The topological polar surface area (TPSA) is 78.4 Å². The molecule has 0 aliphatic rings. The van der Waals surface area contributed by atoms with Crippen molar-refractivity contribution in [1.29, 1.82) is 5.26 Å². The Labute approximate surface area is 174 Å². The Balaban J connectivity index is 2.05. The van der Waals surface area contributed by atoms with Gasteiger partial charge in [0, 0.05) is 17.8 Å². The van der Waals surface area contributed by atoms with Gasteiger partial charge >= 0.3 is 0 Å². The minimum absolute atomic E-state index is 0.000118. The van der Waals surface area contributed by atoms with E-state index in [1.807, 2.05) is 43.3 Å². The van der Waals surface area contributed by atoms with Crippen molar-refractivity contribution < 1.29 is 5.11 Å². The molecule has 5 nitrogen and oxygen atoms in total. The highest BCUT2D eigenvalue weighted by Gasteiger charge is 2.18. The number of benzene rings is 2. The summed E-state index contributed by atoms with van der Waals surface area (Å²) in [5.41, 5.74) is 2.72. The maximum Gasteiger partial charge on any atom is 0.271 e. The van der Waals surface area contributed by atoms with E-state index in [9.17, 15) is 15.2 Å². The van der Waals surface area contributed by atoms with Crippen LogP contribution in [0.5, 0.6) is 5.88 Å². The molecule has 2 aromatic carbocycles. The number of hydrogen-bond acceptors (Lipinski definition) is 4. The van der Waals surface area contributed by atoms with E-state index in [4.69, 9.17) is 11.6 Å². The van der Waals surface area contributed by atoms with Crippen LogP contribution < -0.4 is 5.56 Å². The largest absolute Gasteiger partial charge is 0.494 e. The fourth-order valence-electron chi connectivity index (χ4n) is 3.09. The Morgan fingerprint density at radius 3 is 2.55 bits per heavy atom. The molecule has 0 aliphatic carbocycles. The van der Waals surface area contributed by atoms with Gasteiger partial charge in [-0.2, -0.15) is 5.26 Å². The van der Waals surface area contributed by atoms with Crippen molar-refractivity contribution in [2.75, 3.05) is 0 Å². The zero-order chi connectivity index (χ0) is 21.0. The van der Waals surface area contributed by atoms with Gasteiger partial charge in [-0.1, -0.05) is 48.0 Å². The maximum absolute atomic E-state index is 12.7. The van der Waals surface area contributed by atoms with Crippen LogP contribution in [0.15, 0.2) is 58.3 Å². The van der Waals surface area contributed by atoms with Gasteiger partial charge in [0.05, 0.1) is 11.3 Å². The Kier molecular flexibility index (Phi) is 6.16. The number of aromatic hydroxyl groups is 1. The van der Waals surface area contributed by atoms with Crippen molar-refractivity contribution >= 4 is 23.5 Å². The third-order valence-electron chi connectivity index (χ3n) is 4.89. The molecule has 29 heavy (non-hydrogen) atoms. The van der Waals surface area contributed by atoms with Gasteiger partial charge in [-0.25, -0.2) is 0 Å². The molecule has 0 aliphatic heterocycles. The molecular formula is C23H20ClN3O2. The van der Waals surface area contributed by atoms with E-state index in [1.54, 1.807) is 25.1 Å². The van der Waals surface area contributed by atoms with Crippen molar-refractivity contribution in [2.24, 2.45) is 4.99 Å². The Hall–Kier alpha value is -3.36.